The van der Waals surface area contributed by atoms with Crippen molar-refractivity contribution in [1.29, 1.82) is 0 Å². The molecule has 1 aliphatic rings. The molecule has 26 heavy (non-hydrogen) atoms. The first-order valence-corrected chi connectivity index (χ1v) is 8.98. The van der Waals surface area contributed by atoms with Gasteiger partial charge < -0.3 is 14.2 Å². The molecule has 1 aliphatic heterocycles. The molecular formula is C20H23FN2O3. The molecule has 0 aliphatic carbocycles. The molecule has 0 spiro atoms. The van der Waals surface area contributed by atoms with Gasteiger partial charge in [0.2, 0.25) is 5.91 Å². The van der Waals surface area contributed by atoms with E-state index < -0.39 is 0 Å². The lowest BCUT2D eigenvalue weighted by molar-refractivity contribution is -0.132. The number of hydrogen-bond donors (Lipinski definition) is 0. The quantitative estimate of drug-likeness (QED) is 0.746. The first kappa shape index (κ1) is 18.2. The van der Waals surface area contributed by atoms with Crippen LogP contribution in [0.3, 0.4) is 0 Å². The van der Waals surface area contributed by atoms with Crippen molar-refractivity contribution in [2.75, 3.05) is 26.2 Å². The summed E-state index contributed by atoms with van der Waals surface area (Å²) in [5, 5.41) is 0. The van der Waals surface area contributed by atoms with Gasteiger partial charge in [0, 0.05) is 32.6 Å². The Balaban J connectivity index is 1.36. The summed E-state index contributed by atoms with van der Waals surface area (Å²) in [6.07, 6.45) is 4.54. The summed E-state index contributed by atoms with van der Waals surface area (Å²) < 4.78 is 18.0. The minimum absolute atomic E-state index is 0.124. The van der Waals surface area contributed by atoms with Crippen LogP contribution in [0.2, 0.25) is 0 Å². The predicted octanol–water partition coefficient (Wildman–Crippen LogP) is 3.12. The molecule has 6 heteroatoms. The van der Waals surface area contributed by atoms with Crippen LogP contribution < -0.4 is 0 Å². The topological polar surface area (TPSA) is 53.8 Å². The normalized spacial score (nSPS) is 14.5. The van der Waals surface area contributed by atoms with E-state index in [4.69, 9.17) is 4.42 Å². The Morgan fingerprint density at radius 3 is 2.31 bits per heavy atom. The monoisotopic (exact) mass is 358 g/mol. The summed E-state index contributed by atoms with van der Waals surface area (Å²) in [6.45, 7) is 2.17. The molecule has 2 aromatic rings. The summed E-state index contributed by atoms with van der Waals surface area (Å²) in [5.74, 6) is 0.120. The number of unbranched alkanes of at least 4 members (excludes halogenated alkanes) is 1. The van der Waals surface area contributed by atoms with Gasteiger partial charge in [0.05, 0.1) is 6.26 Å². The largest absolute Gasteiger partial charge is 0.459 e. The number of carbonyl (C=O) groups is 2. The van der Waals surface area contributed by atoms with E-state index in [-0.39, 0.29) is 17.6 Å². The van der Waals surface area contributed by atoms with E-state index in [1.165, 1.54) is 18.4 Å². The Morgan fingerprint density at radius 2 is 1.65 bits per heavy atom. The van der Waals surface area contributed by atoms with Crippen molar-refractivity contribution in [3.8, 4) is 0 Å². The molecule has 2 heterocycles. The van der Waals surface area contributed by atoms with E-state index >= 15 is 0 Å². The highest BCUT2D eigenvalue weighted by molar-refractivity contribution is 5.91. The van der Waals surface area contributed by atoms with Crippen molar-refractivity contribution in [3.63, 3.8) is 0 Å². The van der Waals surface area contributed by atoms with Crippen molar-refractivity contribution in [1.82, 2.24) is 9.80 Å². The Hall–Kier alpha value is -2.63. The van der Waals surface area contributed by atoms with Crippen molar-refractivity contribution < 1.29 is 18.4 Å². The van der Waals surface area contributed by atoms with E-state index in [0.717, 1.165) is 24.8 Å². The third kappa shape index (κ3) is 4.71. The average Bonchev–Trinajstić information content (AvgIpc) is 3.21. The standard InChI is InChI=1S/C20H23FN2O3/c21-17-9-7-16(8-10-17)4-1-2-6-19(24)22-11-13-23(14-12-22)20(25)18-5-3-15-26-18/h3,5,7-10,15H,1-2,4,6,11-14H2. The lowest BCUT2D eigenvalue weighted by Gasteiger charge is -2.34. The minimum Gasteiger partial charge on any atom is -0.459 e. The van der Waals surface area contributed by atoms with Crippen LogP contribution in [-0.2, 0) is 11.2 Å². The molecule has 0 saturated carbocycles. The van der Waals surface area contributed by atoms with E-state index in [1.807, 2.05) is 4.90 Å². The molecule has 1 saturated heterocycles. The Kier molecular flexibility index (Phi) is 6.04. The number of nitrogens with zero attached hydrogens (tertiary/aromatic N) is 2. The predicted molar refractivity (Wildman–Crippen MR) is 95.1 cm³/mol. The molecule has 0 atom stereocenters. The number of furan rings is 1. The Labute approximate surface area is 152 Å². The number of carbonyl (C=O) groups excluding carboxylic acids is 2. The van der Waals surface area contributed by atoms with Gasteiger partial charge >= 0.3 is 0 Å². The van der Waals surface area contributed by atoms with Crippen molar-refractivity contribution >= 4 is 11.8 Å². The summed E-state index contributed by atoms with van der Waals surface area (Å²) in [4.78, 5) is 28.1. The molecule has 1 fully saturated rings. The number of benzene rings is 1. The molecule has 5 nitrogen and oxygen atoms in total. The zero-order valence-electron chi connectivity index (χ0n) is 14.7. The number of rotatable bonds is 6. The smallest absolute Gasteiger partial charge is 0.289 e. The highest BCUT2D eigenvalue weighted by Crippen LogP contribution is 2.12. The lowest BCUT2D eigenvalue weighted by Crippen LogP contribution is -2.50. The molecule has 138 valence electrons. The van der Waals surface area contributed by atoms with E-state index in [1.54, 1.807) is 29.2 Å². The van der Waals surface area contributed by atoms with Crippen LogP contribution >= 0.6 is 0 Å². The summed E-state index contributed by atoms with van der Waals surface area (Å²) in [6, 6.07) is 9.84. The van der Waals surface area contributed by atoms with Gasteiger partial charge in [0.25, 0.3) is 5.91 Å². The number of hydrogen-bond acceptors (Lipinski definition) is 3. The maximum atomic E-state index is 12.9. The molecule has 1 aromatic carbocycles. The third-order valence-corrected chi connectivity index (χ3v) is 4.67. The molecule has 1 aromatic heterocycles. The first-order valence-electron chi connectivity index (χ1n) is 8.98. The fourth-order valence-electron chi connectivity index (χ4n) is 3.13. The minimum atomic E-state index is -0.228. The second-order valence-electron chi connectivity index (χ2n) is 6.48. The Bertz CT molecular complexity index is 720. The van der Waals surface area contributed by atoms with Gasteiger partial charge in [-0.2, -0.15) is 0 Å². The van der Waals surface area contributed by atoms with Gasteiger partial charge in [-0.15, -0.1) is 0 Å². The van der Waals surface area contributed by atoms with Crippen LogP contribution in [0.1, 0.15) is 35.4 Å². The highest BCUT2D eigenvalue weighted by atomic mass is 19.1. The van der Waals surface area contributed by atoms with Crippen LogP contribution in [-0.4, -0.2) is 47.8 Å². The fraction of sp³-hybridized carbons (Fsp3) is 0.400. The van der Waals surface area contributed by atoms with Crippen LogP contribution in [0.15, 0.2) is 47.1 Å². The molecule has 0 bridgehead atoms. The van der Waals surface area contributed by atoms with Crippen molar-refractivity contribution in [2.45, 2.75) is 25.7 Å². The maximum Gasteiger partial charge on any atom is 0.289 e. The van der Waals surface area contributed by atoms with Gasteiger partial charge in [0.15, 0.2) is 5.76 Å². The number of aryl methyl sites for hydroxylation is 1. The van der Waals surface area contributed by atoms with Crippen LogP contribution in [0.25, 0.3) is 0 Å². The second-order valence-corrected chi connectivity index (χ2v) is 6.48. The molecule has 0 radical (unpaired) electrons. The number of halogens is 1. The number of amides is 2. The molecule has 3 rings (SSSR count). The van der Waals surface area contributed by atoms with Crippen molar-refractivity contribution in [3.05, 3.63) is 59.8 Å². The van der Waals surface area contributed by atoms with Gasteiger partial charge in [-0.05, 0) is 49.1 Å². The van der Waals surface area contributed by atoms with Crippen LogP contribution in [0.4, 0.5) is 4.39 Å². The first-order chi connectivity index (χ1) is 12.6. The van der Waals surface area contributed by atoms with Gasteiger partial charge in [-0.1, -0.05) is 12.1 Å². The zero-order chi connectivity index (χ0) is 18.4. The SMILES string of the molecule is O=C(CCCCc1ccc(F)cc1)N1CCN(C(=O)c2ccco2)CC1. The zero-order valence-corrected chi connectivity index (χ0v) is 14.7. The number of piperazine rings is 1. The molecular weight excluding hydrogens is 335 g/mol. The summed E-state index contributed by atoms with van der Waals surface area (Å²) >= 11 is 0. The van der Waals surface area contributed by atoms with E-state index in [9.17, 15) is 14.0 Å². The fourth-order valence-corrected chi connectivity index (χ4v) is 3.13. The van der Waals surface area contributed by atoms with E-state index in [0.29, 0.717) is 38.4 Å². The molecule has 2 amide bonds. The molecule has 0 unspecified atom stereocenters. The van der Waals surface area contributed by atoms with Crippen molar-refractivity contribution in [2.24, 2.45) is 0 Å². The molecule has 0 N–H and O–H groups in total. The van der Waals surface area contributed by atoms with Crippen LogP contribution in [0.5, 0.6) is 0 Å². The highest BCUT2D eigenvalue weighted by Gasteiger charge is 2.25. The second kappa shape index (κ2) is 8.65. The maximum absolute atomic E-state index is 12.9. The van der Waals surface area contributed by atoms with E-state index in [2.05, 4.69) is 0 Å². The van der Waals surface area contributed by atoms with Crippen LogP contribution in [0, 0.1) is 5.82 Å². The van der Waals surface area contributed by atoms with Gasteiger partial charge in [-0.25, -0.2) is 4.39 Å². The van der Waals surface area contributed by atoms with Gasteiger partial charge in [-0.3, -0.25) is 9.59 Å². The average molecular weight is 358 g/mol. The Morgan fingerprint density at radius 1 is 0.962 bits per heavy atom. The third-order valence-electron chi connectivity index (χ3n) is 4.67. The lowest BCUT2D eigenvalue weighted by atomic mass is 10.1. The summed E-state index contributed by atoms with van der Waals surface area (Å²) in [7, 11) is 0. The summed E-state index contributed by atoms with van der Waals surface area (Å²) in [5.41, 5.74) is 1.09. The van der Waals surface area contributed by atoms with Gasteiger partial charge in [0.1, 0.15) is 5.82 Å².